The first-order valence-corrected chi connectivity index (χ1v) is 11.1. The van der Waals surface area contributed by atoms with Crippen LogP contribution in [-0.2, 0) is 4.79 Å². The third-order valence-electron chi connectivity index (χ3n) is 6.01. The highest BCUT2D eigenvalue weighted by molar-refractivity contribution is 7.99. The van der Waals surface area contributed by atoms with Crippen molar-refractivity contribution < 1.29 is 18.7 Å². The first kappa shape index (κ1) is 20.1. The van der Waals surface area contributed by atoms with E-state index in [1.807, 2.05) is 17.0 Å². The van der Waals surface area contributed by atoms with Crippen LogP contribution in [0.15, 0.2) is 27.8 Å². The van der Waals surface area contributed by atoms with Gasteiger partial charge in [-0.2, -0.15) is 0 Å². The van der Waals surface area contributed by atoms with Crippen LogP contribution in [0.1, 0.15) is 32.1 Å². The molecule has 1 aliphatic carbocycles. The summed E-state index contributed by atoms with van der Waals surface area (Å²) in [6.07, 6.45) is 6.39. The maximum atomic E-state index is 12.7. The van der Waals surface area contributed by atoms with Crippen LogP contribution in [0.3, 0.4) is 0 Å². The average molecular weight is 418 g/mol. The Labute approximate surface area is 175 Å². The Balaban J connectivity index is 1.35. The van der Waals surface area contributed by atoms with Gasteiger partial charge in [-0.25, -0.2) is 0 Å². The number of aromatic nitrogens is 2. The van der Waals surface area contributed by atoms with Crippen molar-refractivity contribution in [3.8, 4) is 23.0 Å². The lowest BCUT2D eigenvalue weighted by molar-refractivity contribution is -0.131. The fourth-order valence-electron chi connectivity index (χ4n) is 4.39. The molecule has 2 heterocycles. The zero-order valence-electron chi connectivity index (χ0n) is 16.9. The summed E-state index contributed by atoms with van der Waals surface area (Å²) in [6, 6.07) is 5.40. The number of ether oxygens (including phenoxy) is 2. The van der Waals surface area contributed by atoms with E-state index in [0.717, 1.165) is 25.4 Å². The van der Waals surface area contributed by atoms with Crippen molar-refractivity contribution in [3.63, 3.8) is 0 Å². The van der Waals surface area contributed by atoms with Gasteiger partial charge in [0, 0.05) is 19.2 Å². The highest BCUT2D eigenvalue weighted by Gasteiger charge is 2.32. The largest absolute Gasteiger partial charge is 0.497 e. The molecule has 0 N–H and O–H groups in total. The Morgan fingerprint density at radius 3 is 2.79 bits per heavy atom. The van der Waals surface area contributed by atoms with Crippen LogP contribution >= 0.6 is 11.8 Å². The van der Waals surface area contributed by atoms with Crippen LogP contribution in [-0.4, -0.2) is 54.1 Å². The number of benzene rings is 1. The molecule has 2 fully saturated rings. The Hall–Kier alpha value is -2.22. The molecule has 1 saturated carbocycles. The van der Waals surface area contributed by atoms with Gasteiger partial charge in [0.25, 0.3) is 11.1 Å². The molecule has 0 bridgehead atoms. The van der Waals surface area contributed by atoms with E-state index in [2.05, 4.69) is 10.2 Å². The second-order valence-electron chi connectivity index (χ2n) is 7.66. The molecule has 2 atom stereocenters. The molecule has 8 heteroatoms. The summed E-state index contributed by atoms with van der Waals surface area (Å²) in [5.41, 5.74) is 0.693. The molecule has 29 heavy (non-hydrogen) atoms. The minimum Gasteiger partial charge on any atom is -0.497 e. The van der Waals surface area contributed by atoms with Crippen LogP contribution < -0.4 is 9.47 Å². The first-order valence-electron chi connectivity index (χ1n) is 10.1. The van der Waals surface area contributed by atoms with E-state index in [0.29, 0.717) is 39.8 Å². The summed E-state index contributed by atoms with van der Waals surface area (Å²) in [7, 11) is 3.18. The second-order valence-corrected chi connectivity index (χ2v) is 8.59. The van der Waals surface area contributed by atoms with Gasteiger partial charge in [-0.15, -0.1) is 10.2 Å². The minimum absolute atomic E-state index is 0.154. The molecule has 2 aliphatic rings. The van der Waals surface area contributed by atoms with Crippen LogP contribution in [0.4, 0.5) is 0 Å². The number of piperidine rings is 1. The third kappa shape index (κ3) is 4.52. The van der Waals surface area contributed by atoms with E-state index in [-0.39, 0.29) is 5.91 Å². The number of thioether (sulfide) groups is 1. The Morgan fingerprint density at radius 1 is 1.17 bits per heavy atom. The van der Waals surface area contributed by atoms with Crippen molar-refractivity contribution in [2.75, 3.05) is 33.1 Å². The van der Waals surface area contributed by atoms with Crippen molar-refractivity contribution in [1.29, 1.82) is 0 Å². The van der Waals surface area contributed by atoms with E-state index in [1.165, 1.54) is 37.4 Å². The number of nitrogens with zero attached hydrogens (tertiary/aromatic N) is 3. The first-order chi connectivity index (χ1) is 14.2. The van der Waals surface area contributed by atoms with Gasteiger partial charge in [-0.1, -0.05) is 31.0 Å². The standard InChI is InChI=1S/C21H27N3O4S/c1-26-16-7-8-17(18(11-16)27-2)20-22-23-21(28-20)29-13-19(25)24-10-9-14-5-3-4-6-15(14)12-24/h7-8,11,14-15H,3-6,9-10,12-13H2,1-2H3/t14-,15-/m1/s1. The number of carbonyl (C=O) groups is 1. The number of likely N-dealkylation sites (tertiary alicyclic amines) is 1. The lowest BCUT2D eigenvalue weighted by Gasteiger charge is -2.41. The van der Waals surface area contributed by atoms with Crippen LogP contribution in [0, 0.1) is 11.8 Å². The summed E-state index contributed by atoms with van der Waals surface area (Å²) in [5, 5.41) is 8.58. The summed E-state index contributed by atoms with van der Waals surface area (Å²) < 4.78 is 16.4. The molecule has 7 nitrogen and oxygen atoms in total. The maximum absolute atomic E-state index is 12.7. The predicted molar refractivity (Wildman–Crippen MR) is 110 cm³/mol. The molecule has 1 aromatic heterocycles. The minimum atomic E-state index is 0.154. The Morgan fingerprint density at radius 2 is 2.00 bits per heavy atom. The van der Waals surface area contributed by atoms with E-state index < -0.39 is 0 Å². The maximum Gasteiger partial charge on any atom is 0.277 e. The summed E-state index contributed by atoms with van der Waals surface area (Å²) in [6.45, 7) is 1.78. The van der Waals surface area contributed by atoms with Gasteiger partial charge in [0.15, 0.2) is 0 Å². The number of amides is 1. The lowest BCUT2D eigenvalue weighted by atomic mass is 9.75. The van der Waals surface area contributed by atoms with Crippen LogP contribution in [0.5, 0.6) is 11.5 Å². The van der Waals surface area contributed by atoms with Crippen LogP contribution in [0.25, 0.3) is 11.5 Å². The van der Waals surface area contributed by atoms with Gasteiger partial charge in [-0.3, -0.25) is 4.79 Å². The second kappa shape index (κ2) is 9.07. The zero-order valence-corrected chi connectivity index (χ0v) is 17.7. The number of carbonyl (C=O) groups excluding carboxylic acids is 1. The molecule has 1 aromatic carbocycles. The molecule has 156 valence electrons. The monoisotopic (exact) mass is 417 g/mol. The molecule has 0 unspecified atom stereocenters. The molecule has 0 radical (unpaired) electrons. The number of hydrogen-bond donors (Lipinski definition) is 0. The highest BCUT2D eigenvalue weighted by atomic mass is 32.2. The molecule has 2 aromatic rings. The highest BCUT2D eigenvalue weighted by Crippen LogP contribution is 2.37. The number of methoxy groups -OCH3 is 2. The lowest BCUT2D eigenvalue weighted by Crippen LogP contribution is -2.45. The van der Waals surface area contributed by atoms with Gasteiger partial charge in [-0.05, 0) is 36.8 Å². The van der Waals surface area contributed by atoms with Crippen molar-refractivity contribution >= 4 is 17.7 Å². The van der Waals surface area contributed by atoms with Crippen molar-refractivity contribution in [2.45, 2.75) is 37.3 Å². The topological polar surface area (TPSA) is 77.7 Å². The summed E-state index contributed by atoms with van der Waals surface area (Å²) >= 11 is 1.29. The van der Waals surface area contributed by atoms with E-state index in [9.17, 15) is 4.79 Å². The van der Waals surface area contributed by atoms with E-state index in [1.54, 1.807) is 20.3 Å². The van der Waals surface area contributed by atoms with Gasteiger partial charge < -0.3 is 18.8 Å². The Kier molecular flexibility index (Phi) is 6.28. The van der Waals surface area contributed by atoms with E-state index in [4.69, 9.17) is 13.9 Å². The number of hydrogen-bond acceptors (Lipinski definition) is 7. The van der Waals surface area contributed by atoms with Gasteiger partial charge in [0.2, 0.25) is 5.91 Å². The van der Waals surface area contributed by atoms with Crippen molar-refractivity contribution in [1.82, 2.24) is 15.1 Å². The average Bonchev–Trinajstić information content (AvgIpc) is 3.25. The Bertz CT molecular complexity index is 856. The molecule has 1 amide bonds. The van der Waals surface area contributed by atoms with E-state index >= 15 is 0 Å². The van der Waals surface area contributed by atoms with Crippen molar-refractivity contribution in [2.24, 2.45) is 11.8 Å². The molecule has 0 spiro atoms. The molecule has 1 aliphatic heterocycles. The molecule has 1 saturated heterocycles. The SMILES string of the molecule is COc1ccc(-c2nnc(SCC(=O)N3CC[C@H]4CCCC[C@@H]4C3)o2)c(OC)c1. The predicted octanol–water partition coefficient (Wildman–Crippen LogP) is 3.88. The number of rotatable bonds is 6. The molecular weight excluding hydrogens is 390 g/mol. The molecular formula is C21H27N3O4S. The fourth-order valence-corrected chi connectivity index (χ4v) is 5.06. The van der Waals surface area contributed by atoms with Gasteiger partial charge in [0.05, 0.1) is 25.5 Å². The fraction of sp³-hybridized carbons (Fsp3) is 0.571. The quantitative estimate of drug-likeness (QED) is 0.660. The summed E-state index contributed by atoms with van der Waals surface area (Å²) in [5.74, 6) is 3.62. The third-order valence-corrected chi connectivity index (χ3v) is 6.81. The van der Waals surface area contributed by atoms with Gasteiger partial charge in [0.1, 0.15) is 11.5 Å². The smallest absolute Gasteiger partial charge is 0.277 e. The normalized spacial score (nSPS) is 21.5. The molecule has 4 rings (SSSR count). The number of fused-ring (bicyclic) bond motifs is 1. The van der Waals surface area contributed by atoms with Crippen LogP contribution in [0.2, 0.25) is 0 Å². The zero-order chi connectivity index (χ0) is 20.2. The van der Waals surface area contributed by atoms with Gasteiger partial charge >= 0.3 is 0 Å². The van der Waals surface area contributed by atoms with Crippen molar-refractivity contribution in [3.05, 3.63) is 18.2 Å². The summed E-state index contributed by atoms with van der Waals surface area (Å²) in [4.78, 5) is 14.7.